The maximum atomic E-state index is 11.3. The van der Waals surface area contributed by atoms with Crippen molar-refractivity contribution in [3.8, 4) is 0 Å². The molecule has 4 amide bonds. The predicted octanol–water partition coefficient (Wildman–Crippen LogP) is 0.158. The third-order valence-electron chi connectivity index (χ3n) is 2.86. The predicted molar refractivity (Wildman–Crippen MR) is 75.3 cm³/mol. The van der Waals surface area contributed by atoms with Crippen LogP contribution < -0.4 is 0 Å². The van der Waals surface area contributed by atoms with Crippen LogP contribution in [0.3, 0.4) is 0 Å². The highest BCUT2D eigenvalue weighted by Gasteiger charge is 2.42. The maximum absolute atomic E-state index is 11.3. The number of hydrogen-bond donors (Lipinski definition) is 0. The Hall–Kier alpha value is -1.54. The Bertz CT molecular complexity index is 307. The van der Waals surface area contributed by atoms with Crippen molar-refractivity contribution in [2.75, 3.05) is 56.5 Å². The zero-order valence-electron chi connectivity index (χ0n) is 13.6. The van der Waals surface area contributed by atoms with Crippen LogP contribution in [0.15, 0.2) is 0 Å². The molecule has 0 aromatic rings. The quantitative estimate of drug-likeness (QED) is 0.726. The third kappa shape index (κ3) is 4.24. The van der Waals surface area contributed by atoms with E-state index in [1.165, 1.54) is 19.6 Å². The van der Waals surface area contributed by atoms with E-state index in [0.29, 0.717) is 0 Å². The average molecular weight is 290 g/mol. The first-order valence-corrected chi connectivity index (χ1v) is 6.12. The van der Waals surface area contributed by atoms with E-state index < -0.39 is 0 Å². The van der Waals surface area contributed by atoms with Gasteiger partial charge in [0.05, 0.1) is 0 Å². The van der Waals surface area contributed by atoms with E-state index in [0.717, 1.165) is 0 Å². The summed E-state index contributed by atoms with van der Waals surface area (Å²) in [6.07, 6.45) is -0.625. The van der Waals surface area contributed by atoms with Crippen LogP contribution in [0.2, 0.25) is 0 Å². The molecule has 118 valence electrons. The molecule has 1 aliphatic heterocycles. The normalized spacial score (nSPS) is 21.5. The number of carbonyl (C=O) groups is 2. The summed E-state index contributed by atoms with van der Waals surface area (Å²) in [5.41, 5.74) is 0. The number of urea groups is 2. The Labute approximate surface area is 120 Å². The van der Waals surface area contributed by atoms with Crippen molar-refractivity contribution < 1.29 is 19.1 Å². The van der Waals surface area contributed by atoms with Gasteiger partial charge in [0.1, 0.15) is 0 Å². The van der Waals surface area contributed by atoms with Crippen molar-refractivity contribution in [1.29, 1.82) is 0 Å². The van der Waals surface area contributed by atoms with Gasteiger partial charge in [0, 0.05) is 56.5 Å². The highest BCUT2D eigenvalue weighted by molar-refractivity contribution is 5.76. The highest BCUT2D eigenvalue weighted by Crippen LogP contribution is 2.20. The molecule has 2 atom stereocenters. The minimum Gasteiger partial charge on any atom is -0.357 e. The van der Waals surface area contributed by atoms with E-state index >= 15 is 0 Å². The summed E-state index contributed by atoms with van der Waals surface area (Å²) in [6, 6.07) is -0.0706. The first-order valence-electron chi connectivity index (χ1n) is 6.12. The van der Waals surface area contributed by atoms with Gasteiger partial charge in [-0.15, -0.1) is 0 Å². The number of likely N-dealkylation sites (N-methyl/N-ethyl adjacent to an activating group) is 2. The van der Waals surface area contributed by atoms with Crippen molar-refractivity contribution in [2.24, 2.45) is 0 Å². The molecule has 0 bridgehead atoms. The molecule has 1 heterocycles. The summed E-state index contributed by atoms with van der Waals surface area (Å²) in [7, 11) is 13.4. The third-order valence-corrected chi connectivity index (χ3v) is 2.86. The molecular formula is C12H26N4O4. The zero-order valence-corrected chi connectivity index (χ0v) is 13.6. The topological polar surface area (TPSA) is 65.6 Å². The minimum absolute atomic E-state index is 0.0185. The summed E-state index contributed by atoms with van der Waals surface area (Å²) in [6.45, 7) is 0. The molecule has 0 aromatic carbocycles. The molecule has 0 N–H and O–H groups in total. The lowest BCUT2D eigenvalue weighted by Crippen LogP contribution is -2.37. The Morgan fingerprint density at radius 2 is 1.25 bits per heavy atom. The molecule has 2 unspecified atom stereocenters. The van der Waals surface area contributed by atoms with Crippen LogP contribution in [-0.4, -0.2) is 101 Å². The lowest BCUT2D eigenvalue weighted by molar-refractivity contribution is -0.0980. The molecule has 8 heteroatoms. The van der Waals surface area contributed by atoms with Gasteiger partial charge in [-0.2, -0.15) is 0 Å². The molecule has 0 aliphatic carbocycles. The van der Waals surface area contributed by atoms with Crippen molar-refractivity contribution in [3.05, 3.63) is 0 Å². The van der Waals surface area contributed by atoms with E-state index in [4.69, 9.17) is 9.47 Å². The molecule has 0 saturated carbocycles. The molecule has 20 heavy (non-hydrogen) atoms. The molecule has 0 aromatic heterocycles. The Kier molecular flexibility index (Phi) is 7.30. The van der Waals surface area contributed by atoms with Crippen molar-refractivity contribution in [1.82, 2.24) is 19.6 Å². The van der Waals surface area contributed by atoms with Gasteiger partial charge in [-0.1, -0.05) is 0 Å². The van der Waals surface area contributed by atoms with Gasteiger partial charge < -0.3 is 19.3 Å². The van der Waals surface area contributed by atoms with Crippen LogP contribution in [0, 0.1) is 0 Å². The Balaban J connectivity index is 0.000000396. The van der Waals surface area contributed by atoms with Crippen LogP contribution in [0.5, 0.6) is 0 Å². The molecule has 1 aliphatic rings. The first-order chi connectivity index (χ1) is 9.18. The second-order valence-corrected chi connectivity index (χ2v) is 4.83. The van der Waals surface area contributed by atoms with Crippen LogP contribution in [0.4, 0.5) is 9.59 Å². The van der Waals surface area contributed by atoms with Crippen molar-refractivity contribution in [2.45, 2.75) is 12.5 Å². The summed E-state index contributed by atoms with van der Waals surface area (Å²) in [5, 5.41) is 0. The van der Waals surface area contributed by atoms with Crippen molar-refractivity contribution >= 4 is 12.1 Å². The smallest absolute Gasteiger partial charge is 0.323 e. The molecule has 0 radical (unpaired) electrons. The number of rotatable bonds is 2. The number of hydrogen-bond acceptors (Lipinski definition) is 4. The number of carbonyl (C=O) groups excluding carboxylic acids is 2. The highest BCUT2D eigenvalue weighted by atomic mass is 16.6. The van der Waals surface area contributed by atoms with Gasteiger partial charge in [0.2, 0.25) is 0 Å². The average Bonchev–Trinajstić information content (AvgIpc) is 2.61. The van der Waals surface area contributed by atoms with Crippen molar-refractivity contribution in [3.63, 3.8) is 0 Å². The largest absolute Gasteiger partial charge is 0.357 e. The molecular weight excluding hydrogens is 264 g/mol. The fraction of sp³-hybridized carbons (Fsp3) is 0.833. The van der Waals surface area contributed by atoms with E-state index in [2.05, 4.69) is 0 Å². The number of amides is 4. The van der Waals surface area contributed by atoms with E-state index in [1.54, 1.807) is 56.5 Å². The summed E-state index contributed by atoms with van der Waals surface area (Å²) >= 11 is 0. The van der Waals surface area contributed by atoms with E-state index in [9.17, 15) is 9.59 Å². The second kappa shape index (κ2) is 7.91. The van der Waals surface area contributed by atoms with Gasteiger partial charge in [-0.3, -0.25) is 9.80 Å². The number of ether oxygens (including phenoxy) is 2. The molecule has 1 fully saturated rings. The number of nitrogens with zero attached hydrogens (tertiary/aromatic N) is 4. The molecule has 1 saturated heterocycles. The van der Waals surface area contributed by atoms with Gasteiger partial charge in [-0.05, 0) is 0 Å². The number of methoxy groups -OCH3 is 2. The van der Waals surface area contributed by atoms with Gasteiger partial charge in [0.25, 0.3) is 0 Å². The fourth-order valence-electron chi connectivity index (χ4n) is 1.80. The molecule has 1 rings (SSSR count). The SMILES string of the molecule is CN(C)C(=O)N(C)C.COC1C(OC)N(C)C(=O)N1C. The van der Waals surface area contributed by atoms with Crippen LogP contribution >= 0.6 is 0 Å². The minimum atomic E-state index is -0.313. The van der Waals surface area contributed by atoms with Gasteiger partial charge >= 0.3 is 12.1 Å². The van der Waals surface area contributed by atoms with Gasteiger partial charge in [0.15, 0.2) is 12.5 Å². The first kappa shape index (κ1) is 18.5. The monoisotopic (exact) mass is 290 g/mol. The maximum Gasteiger partial charge on any atom is 0.323 e. The van der Waals surface area contributed by atoms with E-state index in [-0.39, 0.29) is 24.5 Å². The van der Waals surface area contributed by atoms with Crippen LogP contribution in [0.1, 0.15) is 0 Å². The van der Waals surface area contributed by atoms with Crippen LogP contribution in [0.25, 0.3) is 0 Å². The van der Waals surface area contributed by atoms with Crippen LogP contribution in [-0.2, 0) is 9.47 Å². The standard InChI is InChI=1S/C7H14N2O3.C5H12N2O/c1-8-5(11-3)6(12-4)9(2)7(8)10;1-6(2)5(8)7(3)4/h5-6H,1-4H3;1-4H3. The Morgan fingerprint density at radius 1 is 0.950 bits per heavy atom. The summed E-state index contributed by atoms with van der Waals surface area (Å²) < 4.78 is 10.2. The summed E-state index contributed by atoms with van der Waals surface area (Å²) in [5.74, 6) is 0. The van der Waals surface area contributed by atoms with Gasteiger partial charge in [-0.25, -0.2) is 9.59 Å². The summed E-state index contributed by atoms with van der Waals surface area (Å²) in [4.78, 5) is 28.1. The lowest BCUT2D eigenvalue weighted by Gasteiger charge is -2.21. The van der Waals surface area contributed by atoms with E-state index in [1.807, 2.05) is 0 Å². The second-order valence-electron chi connectivity index (χ2n) is 4.83. The fourth-order valence-corrected chi connectivity index (χ4v) is 1.80. The lowest BCUT2D eigenvalue weighted by atomic mass is 10.5. The molecule has 8 nitrogen and oxygen atoms in total. The zero-order chi connectivity index (χ0) is 16.0. The Morgan fingerprint density at radius 3 is 1.40 bits per heavy atom. The molecule has 0 spiro atoms.